The highest BCUT2D eigenvalue weighted by Gasteiger charge is 2.23. The Balaban J connectivity index is 1.55. The Hall–Kier alpha value is -2.45. The van der Waals surface area contributed by atoms with Crippen LogP contribution in [-0.2, 0) is 14.8 Å². The van der Waals surface area contributed by atoms with Gasteiger partial charge >= 0.3 is 0 Å². The fraction of sp³-hybridized carbons (Fsp3) is 0.316. The van der Waals surface area contributed by atoms with Crippen LogP contribution in [0.3, 0.4) is 0 Å². The van der Waals surface area contributed by atoms with Gasteiger partial charge in [-0.05, 0) is 36.8 Å². The van der Waals surface area contributed by atoms with Crippen molar-refractivity contribution in [2.24, 2.45) is 0 Å². The highest BCUT2D eigenvalue weighted by Crippen LogP contribution is 2.20. The molecule has 1 heterocycles. The van der Waals surface area contributed by atoms with E-state index in [-0.39, 0.29) is 17.3 Å². The third-order valence-corrected chi connectivity index (χ3v) is 6.01. The minimum atomic E-state index is -3.92. The number of halogens is 1. The predicted molar refractivity (Wildman–Crippen MR) is 102 cm³/mol. The Bertz CT molecular complexity index is 925. The third kappa shape index (κ3) is 4.64. The molecule has 2 aromatic carbocycles. The van der Waals surface area contributed by atoms with Crippen LogP contribution >= 0.6 is 0 Å². The van der Waals surface area contributed by atoms with Gasteiger partial charge in [0.25, 0.3) is 0 Å². The van der Waals surface area contributed by atoms with Crippen molar-refractivity contribution in [3.8, 4) is 0 Å². The largest absolute Gasteiger partial charge is 0.368 e. The van der Waals surface area contributed by atoms with Crippen LogP contribution in [-0.4, -0.2) is 51.9 Å². The van der Waals surface area contributed by atoms with E-state index in [4.69, 9.17) is 0 Å². The van der Waals surface area contributed by atoms with Crippen LogP contribution in [0.15, 0.2) is 53.4 Å². The van der Waals surface area contributed by atoms with Gasteiger partial charge in [-0.25, -0.2) is 17.5 Å². The maximum absolute atomic E-state index is 13.2. The minimum absolute atomic E-state index is 0.195. The number of hydrogen-bond donors (Lipinski definition) is 1. The number of benzene rings is 2. The van der Waals surface area contributed by atoms with Crippen LogP contribution < -0.4 is 9.62 Å². The van der Waals surface area contributed by atoms with Crippen LogP contribution in [0.5, 0.6) is 0 Å². The Morgan fingerprint density at radius 3 is 2.44 bits per heavy atom. The van der Waals surface area contributed by atoms with Gasteiger partial charge < -0.3 is 9.80 Å². The number of anilines is 1. The van der Waals surface area contributed by atoms with Gasteiger partial charge in [-0.1, -0.05) is 24.3 Å². The van der Waals surface area contributed by atoms with Gasteiger partial charge in [0.2, 0.25) is 15.9 Å². The number of rotatable bonds is 5. The fourth-order valence-corrected chi connectivity index (χ4v) is 4.11. The topological polar surface area (TPSA) is 69.7 Å². The smallest absolute Gasteiger partial charge is 0.241 e. The summed E-state index contributed by atoms with van der Waals surface area (Å²) in [5.74, 6) is -0.934. The molecule has 0 aliphatic carbocycles. The van der Waals surface area contributed by atoms with E-state index in [1.807, 2.05) is 25.1 Å². The van der Waals surface area contributed by atoms with E-state index in [1.54, 1.807) is 4.90 Å². The van der Waals surface area contributed by atoms with Crippen molar-refractivity contribution in [2.75, 3.05) is 37.6 Å². The molecule has 1 aliphatic heterocycles. The average molecular weight is 391 g/mol. The van der Waals surface area contributed by atoms with Crippen molar-refractivity contribution in [3.63, 3.8) is 0 Å². The van der Waals surface area contributed by atoms with Crippen molar-refractivity contribution in [2.45, 2.75) is 11.8 Å². The van der Waals surface area contributed by atoms with Gasteiger partial charge in [0, 0.05) is 31.9 Å². The van der Waals surface area contributed by atoms with E-state index in [0.29, 0.717) is 26.2 Å². The third-order valence-electron chi connectivity index (χ3n) is 4.61. The van der Waals surface area contributed by atoms with Gasteiger partial charge in [-0.15, -0.1) is 0 Å². The number of carbonyl (C=O) groups excluding carboxylic acids is 1. The number of amides is 1. The predicted octanol–water partition coefficient (Wildman–Crippen LogP) is 1.76. The summed E-state index contributed by atoms with van der Waals surface area (Å²) in [6, 6.07) is 12.8. The number of hydrogen-bond acceptors (Lipinski definition) is 4. The number of nitrogens with one attached hydrogen (secondary N) is 1. The molecule has 1 saturated heterocycles. The van der Waals surface area contributed by atoms with E-state index >= 15 is 0 Å². The standard InChI is InChI=1S/C19H22FN3O3S/c1-15-5-2-3-8-18(15)22-9-11-23(12-10-22)19(24)14-21-27(25,26)17-7-4-6-16(20)13-17/h2-8,13,21H,9-12,14H2,1H3. The quantitative estimate of drug-likeness (QED) is 0.843. The molecular weight excluding hydrogens is 369 g/mol. The van der Waals surface area contributed by atoms with Crippen LogP contribution in [0, 0.1) is 12.7 Å². The molecule has 0 bridgehead atoms. The second-order valence-corrected chi connectivity index (χ2v) is 8.20. The lowest BCUT2D eigenvalue weighted by Gasteiger charge is -2.36. The van der Waals surface area contributed by atoms with Gasteiger partial charge in [-0.2, -0.15) is 0 Å². The molecule has 0 spiro atoms. The van der Waals surface area contributed by atoms with Crippen LogP contribution in [0.2, 0.25) is 0 Å². The van der Waals surface area contributed by atoms with Gasteiger partial charge in [-0.3, -0.25) is 4.79 Å². The van der Waals surface area contributed by atoms with Crippen LogP contribution in [0.25, 0.3) is 0 Å². The molecule has 3 rings (SSSR count). The average Bonchev–Trinajstić information content (AvgIpc) is 2.67. The van der Waals surface area contributed by atoms with Gasteiger partial charge in [0.05, 0.1) is 11.4 Å². The molecule has 0 radical (unpaired) electrons. The number of para-hydroxylation sites is 1. The summed E-state index contributed by atoms with van der Waals surface area (Å²) in [5.41, 5.74) is 2.33. The maximum atomic E-state index is 13.2. The van der Waals surface area contributed by atoms with E-state index < -0.39 is 15.8 Å². The first-order chi connectivity index (χ1) is 12.9. The summed E-state index contributed by atoms with van der Waals surface area (Å²) in [4.78, 5) is 16.0. The molecule has 0 atom stereocenters. The van der Waals surface area contributed by atoms with Crippen LogP contribution in [0.4, 0.5) is 10.1 Å². The zero-order valence-corrected chi connectivity index (χ0v) is 15.9. The molecule has 1 amide bonds. The second-order valence-electron chi connectivity index (χ2n) is 6.44. The first kappa shape index (κ1) is 19.3. The Morgan fingerprint density at radius 2 is 1.78 bits per heavy atom. The van der Waals surface area contributed by atoms with Crippen molar-refractivity contribution < 1.29 is 17.6 Å². The monoisotopic (exact) mass is 391 g/mol. The highest BCUT2D eigenvalue weighted by molar-refractivity contribution is 7.89. The minimum Gasteiger partial charge on any atom is -0.368 e. The molecule has 1 aliphatic rings. The first-order valence-electron chi connectivity index (χ1n) is 8.70. The molecule has 1 fully saturated rings. The second kappa shape index (κ2) is 8.06. The summed E-state index contributed by atoms with van der Waals surface area (Å²) in [6.45, 7) is 4.13. The summed E-state index contributed by atoms with van der Waals surface area (Å²) in [6.07, 6.45) is 0. The number of carbonyl (C=O) groups is 1. The van der Waals surface area contributed by atoms with E-state index in [1.165, 1.54) is 17.7 Å². The number of piperazine rings is 1. The van der Waals surface area contributed by atoms with Crippen LogP contribution in [0.1, 0.15) is 5.56 Å². The van der Waals surface area contributed by atoms with Gasteiger partial charge in [0.15, 0.2) is 0 Å². The van der Waals surface area contributed by atoms with E-state index in [2.05, 4.69) is 15.7 Å². The zero-order chi connectivity index (χ0) is 19.4. The summed E-state index contributed by atoms with van der Waals surface area (Å²) < 4.78 is 39.9. The lowest BCUT2D eigenvalue weighted by Crippen LogP contribution is -2.51. The van der Waals surface area contributed by atoms with E-state index in [9.17, 15) is 17.6 Å². The first-order valence-corrected chi connectivity index (χ1v) is 10.2. The Labute approximate surface area is 158 Å². The van der Waals surface area contributed by atoms with Crippen molar-refractivity contribution in [1.82, 2.24) is 9.62 Å². The van der Waals surface area contributed by atoms with E-state index in [0.717, 1.165) is 17.8 Å². The highest BCUT2D eigenvalue weighted by atomic mass is 32.2. The molecule has 144 valence electrons. The van der Waals surface area contributed by atoms with Crippen molar-refractivity contribution in [1.29, 1.82) is 0 Å². The number of aryl methyl sites for hydroxylation is 1. The molecule has 8 heteroatoms. The molecule has 6 nitrogen and oxygen atoms in total. The molecule has 1 N–H and O–H groups in total. The maximum Gasteiger partial charge on any atom is 0.241 e. The lowest BCUT2D eigenvalue weighted by molar-refractivity contribution is -0.130. The summed E-state index contributed by atoms with van der Waals surface area (Å²) >= 11 is 0. The Kier molecular flexibility index (Phi) is 5.76. The molecule has 27 heavy (non-hydrogen) atoms. The summed E-state index contributed by atoms with van der Waals surface area (Å²) in [7, 11) is -3.92. The van der Waals surface area contributed by atoms with Crippen molar-refractivity contribution >= 4 is 21.6 Å². The molecule has 0 saturated carbocycles. The van der Waals surface area contributed by atoms with Gasteiger partial charge in [0.1, 0.15) is 5.82 Å². The summed E-state index contributed by atoms with van der Waals surface area (Å²) in [5, 5.41) is 0. The molecular formula is C19H22FN3O3S. The molecule has 0 aromatic heterocycles. The number of nitrogens with zero attached hydrogens (tertiary/aromatic N) is 2. The normalized spacial score (nSPS) is 15.0. The number of sulfonamides is 1. The zero-order valence-electron chi connectivity index (χ0n) is 15.1. The molecule has 0 unspecified atom stereocenters. The Morgan fingerprint density at radius 1 is 1.07 bits per heavy atom. The van der Waals surface area contributed by atoms with Crippen molar-refractivity contribution in [3.05, 3.63) is 59.9 Å². The SMILES string of the molecule is Cc1ccccc1N1CCN(C(=O)CNS(=O)(=O)c2cccc(F)c2)CC1. The molecule has 2 aromatic rings. The lowest BCUT2D eigenvalue weighted by atomic mass is 10.1. The fourth-order valence-electron chi connectivity index (χ4n) is 3.10.